The largest absolute Gasteiger partial charge is 0.353 e. The van der Waals surface area contributed by atoms with Crippen LogP contribution in [0.5, 0.6) is 0 Å². The average Bonchev–Trinajstić information content (AvgIpc) is 3.04. The van der Waals surface area contributed by atoms with Crippen molar-refractivity contribution < 1.29 is 9.47 Å². The van der Waals surface area contributed by atoms with E-state index in [9.17, 15) is 0 Å². The van der Waals surface area contributed by atoms with Crippen LogP contribution < -0.4 is 0 Å². The summed E-state index contributed by atoms with van der Waals surface area (Å²) < 4.78 is 12.2. The molecule has 0 heterocycles. The second-order valence-electron chi connectivity index (χ2n) is 8.33. The van der Waals surface area contributed by atoms with Gasteiger partial charge < -0.3 is 9.47 Å². The molecule has 1 aromatic rings. The number of hydrogen-bond acceptors (Lipinski definition) is 2. The molecule has 5 fully saturated rings. The average molecular weight is 280 g/mol. The van der Waals surface area contributed by atoms with E-state index in [-0.39, 0.29) is 5.79 Å². The standard InChI is InChI=1S/C19H20O2/c1-20-19(21-2)17-13-9-7-5-3-4-6-8(7)10-12-11(9)15(17)16(12)18(19)14(10)13/h3-6,9-18H,1-2H3/t9-,10+,11-,12+,13-,14+,15+,16-,17-,18-/m1/s1. The van der Waals surface area contributed by atoms with Gasteiger partial charge in [-0.3, -0.25) is 0 Å². The fraction of sp³-hybridized carbons (Fsp3) is 0.684. The van der Waals surface area contributed by atoms with Crippen molar-refractivity contribution in [3.63, 3.8) is 0 Å². The molecule has 2 heteroatoms. The van der Waals surface area contributed by atoms with Crippen LogP contribution in [0.25, 0.3) is 0 Å². The van der Waals surface area contributed by atoms with Gasteiger partial charge in [-0.1, -0.05) is 24.3 Å². The van der Waals surface area contributed by atoms with E-state index in [1.54, 1.807) is 11.1 Å². The summed E-state index contributed by atoms with van der Waals surface area (Å²) in [6.07, 6.45) is 0. The molecule has 4 bridgehead atoms. The summed E-state index contributed by atoms with van der Waals surface area (Å²) in [5, 5.41) is 0. The molecule has 8 rings (SSSR count). The van der Waals surface area contributed by atoms with E-state index in [1.807, 2.05) is 14.2 Å². The van der Waals surface area contributed by atoms with Gasteiger partial charge in [-0.25, -0.2) is 0 Å². The second-order valence-corrected chi connectivity index (χ2v) is 8.33. The summed E-state index contributed by atoms with van der Waals surface area (Å²) in [5.74, 6) is 8.18. The maximum absolute atomic E-state index is 6.11. The monoisotopic (exact) mass is 280 g/mol. The SMILES string of the molecule is COC1(OC)[C@H]2[C@H]3[C@@H]4[C@H]5c6ccccc6[C@H]6[C@@H]4[C@H]3[C@H]1[C@@H]6[C@@H]52. The zero-order valence-electron chi connectivity index (χ0n) is 12.4. The Morgan fingerprint density at radius 3 is 1.62 bits per heavy atom. The molecule has 108 valence electrons. The molecule has 0 amide bonds. The molecule has 0 spiro atoms. The Kier molecular flexibility index (Phi) is 1.46. The van der Waals surface area contributed by atoms with E-state index in [1.165, 1.54) is 0 Å². The smallest absolute Gasteiger partial charge is 0.174 e. The van der Waals surface area contributed by atoms with E-state index < -0.39 is 0 Å². The summed E-state index contributed by atoms with van der Waals surface area (Å²) in [6, 6.07) is 9.34. The zero-order chi connectivity index (χ0) is 13.7. The molecule has 0 N–H and O–H groups in total. The van der Waals surface area contributed by atoms with Gasteiger partial charge in [0.1, 0.15) is 0 Å². The molecule has 1 aromatic carbocycles. The molecule has 0 aliphatic heterocycles. The number of rotatable bonds is 2. The van der Waals surface area contributed by atoms with Crippen LogP contribution in [0.15, 0.2) is 24.3 Å². The molecule has 0 radical (unpaired) electrons. The zero-order valence-corrected chi connectivity index (χ0v) is 12.4. The lowest BCUT2D eigenvalue weighted by molar-refractivity contribution is -0.240. The van der Waals surface area contributed by atoms with Gasteiger partial charge in [0.05, 0.1) is 0 Å². The number of benzene rings is 1. The van der Waals surface area contributed by atoms with Crippen LogP contribution in [0, 0.1) is 47.3 Å². The van der Waals surface area contributed by atoms with Crippen molar-refractivity contribution in [2.75, 3.05) is 14.2 Å². The van der Waals surface area contributed by atoms with Gasteiger partial charge >= 0.3 is 0 Å². The lowest BCUT2D eigenvalue weighted by atomic mass is 9.49. The molecule has 0 unspecified atom stereocenters. The van der Waals surface area contributed by atoms with Crippen LogP contribution >= 0.6 is 0 Å². The first kappa shape index (κ1) is 10.8. The van der Waals surface area contributed by atoms with Gasteiger partial charge in [-0.05, 0) is 58.5 Å². The molecular weight excluding hydrogens is 260 g/mol. The minimum atomic E-state index is -0.247. The Hall–Kier alpha value is -0.860. The normalized spacial score (nSPS) is 60.7. The van der Waals surface area contributed by atoms with Crippen molar-refractivity contribution in [2.45, 2.75) is 17.6 Å². The maximum Gasteiger partial charge on any atom is 0.174 e. The quantitative estimate of drug-likeness (QED) is 0.776. The third-order valence-corrected chi connectivity index (χ3v) is 8.82. The van der Waals surface area contributed by atoms with Crippen LogP contribution in [0.1, 0.15) is 23.0 Å². The first-order valence-corrected chi connectivity index (χ1v) is 8.54. The molecular formula is C19H20O2. The van der Waals surface area contributed by atoms with Gasteiger partial charge in [0.25, 0.3) is 0 Å². The van der Waals surface area contributed by atoms with Crippen LogP contribution in [-0.2, 0) is 9.47 Å². The van der Waals surface area contributed by atoms with Gasteiger partial charge in [0, 0.05) is 26.1 Å². The maximum atomic E-state index is 6.11. The van der Waals surface area contributed by atoms with Crippen molar-refractivity contribution in [3.8, 4) is 0 Å². The number of hydrogen-bond donors (Lipinski definition) is 0. The van der Waals surface area contributed by atoms with Crippen LogP contribution in [0.4, 0.5) is 0 Å². The highest BCUT2D eigenvalue weighted by molar-refractivity contribution is 5.53. The fourth-order valence-electron chi connectivity index (χ4n) is 9.10. The first-order chi connectivity index (χ1) is 10.3. The topological polar surface area (TPSA) is 18.5 Å². The fourth-order valence-corrected chi connectivity index (χ4v) is 9.10. The Balaban J connectivity index is 1.56. The van der Waals surface area contributed by atoms with Gasteiger partial charge in [0.2, 0.25) is 0 Å². The molecule has 10 atom stereocenters. The summed E-state index contributed by atoms with van der Waals surface area (Å²) in [6.45, 7) is 0. The van der Waals surface area contributed by atoms with Gasteiger partial charge in [0.15, 0.2) is 5.79 Å². The van der Waals surface area contributed by atoms with Crippen molar-refractivity contribution >= 4 is 0 Å². The Morgan fingerprint density at radius 1 is 0.714 bits per heavy atom. The highest BCUT2D eigenvalue weighted by Crippen LogP contribution is 2.93. The molecule has 5 saturated carbocycles. The summed E-state index contributed by atoms with van der Waals surface area (Å²) in [5.41, 5.74) is 3.39. The summed E-state index contributed by atoms with van der Waals surface area (Å²) in [4.78, 5) is 0. The Labute approximate surface area is 124 Å². The van der Waals surface area contributed by atoms with E-state index in [2.05, 4.69) is 24.3 Å². The summed E-state index contributed by atoms with van der Waals surface area (Å²) >= 11 is 0. The molecule has 0 saturated heterocycles. The Bertz CT molecular complexity index is 638. The van der Waals surface area contributed by atoms with E-state index in [0.29, 0.717) is 11.8 Å². The molecule has 0 aromatic heterocycles. The third-order valence-electron chi connectivity index (χ3n) is 8.82. The summed E-state index contributed by atoms with van der Waals surface area (Å²) in [7, 11) is 3.78. The van der Waals surface area contributed by atoms with Crippen molar-refractivity contribution in [3.05, 3.63) is 35.4 Å². The second kappa shape index (κ2) is 2.83. The predicted octanol–water partition coefficient (Wildman–Crippen LogP) is 2.85. The Morgan fingerprint density at radius 2 is 1.19 bits per heavy atom. The van der Waals surface area contributed by atoms with Crippen molar-refractivity contribution in [1.29, 1.82) is 0 Å². The van der Waals surface area contributed by atoms with Crippen molar-refractivity contribution in [2.24, 2.45) is 47.3 Å². The molecule has 7 aliphatic carbocycles. The highest BCUT2D eigenvalue weighted by Gasteiger charge is 2.92. The molecule has 21 heavy (non-hydrogen) atoms. The van der Waals surface area contributed by atoms with E-state index in [0.717, 1.165) is 47.3 Å². The van der Waals surface area contributed by atoms with Crippen LogP contribution in [0.3, 0.4) is 0 Å². The number of ether oxygens (including phenoxy) is 2. The van der Waals surface area contributed by atoms with Gasteiger partial charge in [-0.15, -0.1) is 0 Å². The van der Waals surface area contributed by atoms with Crippen LogP contribution in [-0.4, -0.2) is 20.0 Å². The third kappa shape index (κ3) is 0.724. The predicted molar refractivity (Wildman–Crippen MR) is 76.6 cm³/mol. The molecule has 2 nitrogen and oxygen atoms in total. The highest BCUT2D eigenvalue weighted by atomic mass is 16.7. The lowest BCUT2D eigenvalue weighted by Crippen LogP contribution is -2.48. The minimum absolute atomic E-state index is 0.247. The molecule has 7 aliphatic rings. The van der Waals surface area contributed by atoms with Crippen molar-refractivity contribution in [1.82, 2.24) is 0 Å². The van der Waals surface area contributed by atoms with Gasteiger partial charge in [-0.2, -0.15) is 0 Å². The number of methoxy groups -OCH3 is 2. The van der Waals surface area contributed by atoms with Crippen LogP contribution in [0.2, 0.25) is 0 Å². The lowest BCUT2D eigenvalue weighted by Gasteiger charge is -2.55. The van der Waals surface area contributed by atoms with E-state index >= 15 is 0 Å². The first-order valence-electron chi connectivity index (χ1n) is 8.54. The minimum Gasteiger partial charge on any atom is -0.353 e. The van der Waals surface area contributed by atoms with E-state index in [4.69, 9.17) is 9.47 Å².